The highest BCUT2D eigenvalue weighted by atomic mass is 16.2. The van der Waals surface area contributed by atoms with Crippen LogP contribution in [-0.2, 0) is 13.6 Å². The zero-order valence-corrected chi connectivity index (χ0v) is 15.2. The summed E-state index contributed by atoms with van der Waals surface area (Å²) in [6.45, 7) is 4.63. The summed E-state index contributed by atoms with van der Waals surface area (Å²) in [6, 6.07) is 0. The first-order chi connectivity index (χ1) is 12.7. The SMILES string of the molecule is Cn1c(CN2CCCC2)nnc1C1CCN(C(=O)c2cnccn2)CC1. The first kappa shape index (κ1) is 17.1. The van der Waals surface area contributed by atoms with Crippen molar-refractivity contribution in [2.75, 3.05) is 26.2 Å². The Labute approximate surface area is 153 Å². The minimum absolute atomic E-state index is 0.0377. The highest BCUT2D eigenvalue weighted by molar-refractivity contribution is 5.92. The molecule has 2 saturated heterocycles. The van der Waals surface area contributed by atoms with Gasteiger partial charge in [0, 0.05) is 38.4 Å². The first-order valence-electron chi connectivity index (χ1n) is 9.38. The number of carbonyl (C=O) groups is 1. The highest BCUT2D eigenvalue weighted by Crippen LogP contribution is 2.27. The van der Waals surface area contributed by atoms with Crippen molar-refractivity contribution in [2.45, 2.75) is 38.1 Å². The van der Waals surface area contributed by atoms with Crippen molar-refractivity contribution in [1.29, 1.82) is 0 Å². The van der Waals surface area contributed by atoms with Crippen LogP contribution in [0.5, 0.6) is 0 Å². The summed E-state index contributed by atoms with van der Waals surface area (Å²) in [5, 5.41) is 8.90. The lowest BCUT2D eigenvalue weighted by atomic mass is 9.95. The van der Waals surface area contributed by atoms with Crippen LogP contribution in [0.4, 0.5) is 0 Å². The number of rotatable bonds is 4. The molecule has 4 rings (SSSR count). The second kappa shape index (κ2) is 7.49. The van der Waals surface area contributed by atoms with Crippen molar-refractivity contribution < 1.29 is 4.79 Å². The maximum atomic E-state index is 12.5. The van der Waals surface area contributed by atoms with Crippen LogP contribution in [0.15, 0.2) is 18.6 Å². The average molecular weight is 355 g/mol. The molecule has 0 aliphatic carbocycles. The molecule has 0 spiro atoms. The molecular formula is C18H25N7O. The third-order valence-corrected chi connectivity index (χ3v) is 5.49. The number of aromatic nitrogens is 5. The largest absolute Gasteiger partial charge is 0.337 e. The third-order valence-electron chi connectivity index (χ3n) is 5.49. The smallest absolute Gasteiger partial charge is 0.274 e. The Bertz CT molecular complexity index is 746. The Morgan fingerprint density at radius 3 is 2.58 bits per heavy atom. The molecule has 4 heterocycles. The number of carbonyl (C=O) groups excluding carboxylic acids is 1. The van der Waals surface area contributed by atoms with Gasteiger partial charge in [0.25, 0.3) is 5.91 Å². The number of piperidine rings is 1. The number of likely N-dealkylation sites (tertiary alicyclic amines) is 2. The molecule has 1 amide bonds. The number of hydrogen-bond donors (Lipinski definition) is 0. The minimum atomic E-state index is -0.0377. The van der Waals surface area contributed by atoms with Crippen molar-refractivity contribution in [3.05, 3.63) is 35.9 Å². The second-order valence-corrected chi connectivity index (χ2v) is 7.17. The van der Waals surface area contributed by atoms with Gasteiger partial charge in [-0.25, -0.2) is 4.98 Å². The third kappa shape index (κ3) is 3.46. The molecule has 0 atom stereocenters. The summed E-state index contributed by atoms with van der Waals surface area (Å²) in [7, 11) is 2.07. The molecule has 0 aromatic carbocycles. The van der Waals surface area contributed by atoms with Crippen LogP contribution in [-0.4, -0.2) is 66.6 Å². The summed E-state index contributed by atoms with van der Waals surface area (Å²) < 4.78 is 2.16. The molecule has 138 valence electrons. The Morgan fingerprint density at radius 1 is 1.12 bits per heavy atom. The lowest BCUT2D eigenvalue weighted by Crippen LogP contribution is -2.38. The van der Waals surface area contributed by atoms with E-state index in [1.165, 1.54) is 19.0 Å². The van der Waals surface area contributed by atoms with E-state index >= 15 is 0 Å². The summed E-state index contributed by atoms with van der Waals surface area (Å²) in [4.78, 5) is 24.9. The van der Waals surface area contributed by atoms with Gasteiger partial charge < -0.3 is 9.47 Å². The van der Waals surface area contributed by atoms with Gasteiger partial charge >= 0.3 is 0 Å². The number of nitrogens with zero attached hydrogens (tertiary/aromatic N) is 7. The fourth-order valence-corrected chi connectivity index (χ4v) is 3.92. The van der Waals surface area contributed by atoms with Gasteiger partial charge in [0.1, 0.15) is 17.3 Å². The average Bonchev–Trinajstić information content (AvgIpc) is 3.33. The van der Waals surface area contributed by atoms with Crippen LogP contribution >= 0.6 is 0 Å². The molecule has 0 saturated carbocycles. The van der Waals surface area contributed by atoms with E-state index in [9.17, 15) is 4.79 Å². The quantitative estimate of drug-likeness (QED) is 0.820. The van der Waals surface area contributed by atoms with Gasteiger partial charge in [-0.2, -0.15) is 0 Å². The van der Waals surface area contributed by atoms with Crippen molar-refractivity contribution in [3.63, 3.8) is 0 Å². The molecule has 2 aromatic heterocycles. The maximum absolute atomic E-state index is 12.5. The van der Waals surface area contributed by atoms with Crippen molar-refractivity contribution in [1.82, 2.24) is 34.5 Å². The van der Waals surface area contributed by atoms with Gasteiger partial charge in [-0.3, -0.25) is 14.7 Å². The van der Waals surface area contributed by atoms with Crippen LogP contribution in [0, 0.1) is 0 Å². The van der Waals surface area contributed by atoms with Gasteiger partial charge in [-0.05, 0) is 38.8 Å². The lowest BCUT2D eigenvalue weighted by Gasteiger charge is -2.31. The minimum Gasteiger partial charge on any atom is -0.337 e. The molecule has 8 heteroatoms. The molecular weight excluding hydrogens is 330 g/mol. The van der Waals surface area contributed by atoms with Crippen LogP contribution in [0.25, 0.3) is 0 Å². The van der Waals surface area contributed by atoms with E-state index in [1.807, 2.05) is 4.90 Å². The normalized spacial score (nSPS) is 19.2. The zero-order chi connectivity index (χ0) is 17.9. The van der Waals surface area contributed by atoms with E-state index in [0.717, 1.165) is 44.1 Å². The molecule has 0 unspecified atom stereocenters. The molecule has 2 aromatic rings. The zero-order valence-electron chi connectivity index (χ0n) is 15.2. The van der Waals surface area contributed by atoms with Crippen LogP contribution in [0.2, 0.25) is 0 Å². The molecule has 26 heavy (non-hydrogen) atoms. The summed E-state index contributed by atoms with van der Waals surface area (Å²) >= 11 is 0. The number of hydrogen-bond acceptors (Lipinski definition) is 6. The topological polar surface area (TPSA) is 80.0 Å². The molecule has 8 nitrogen and oxygen atoms in total. The van der Waals surface area contributed by atoms with E-state index < -0.39 is 0 Å². The number of amides is 1. The van der Waals surface area contributed by atoms with Gasteiger partial charge in [-0.1, -0.05) is 0 Å². The predicted molar refractivity (Wildman–Crippen MR) is 95.4 cm³/mol. The van der Waals surface area contributed by atoms with Crippen LogP contribution in [0.3, 0.4) is 0 Å². The lowest BCUT2D eigenvalue weighted by molar-refractivity contribution is 0.0704. The van der Waals surface area contributed by atoms with E-state index in [4.69, 9.17) is 0 Å². The predicted octanol–water partition coefficient (Wildman–Crippen LogP) is 1.22. The summed E-state index contributed by atoms with van der Waals surface area (Å²) in [5.41, 5.74) is 0.414. The Morgan fingerprint density at radius 2 is 1.88 bits per heavy atom. The summed E-state index contributed by atoms with van der Waals surface area (Å²) in [5.74, 6) is 2.40. The van der Waals surface area contributed by atoms with E-state index in [0.29, 0.717) is 24.7 Å². The molecule has 2 aliphatic heterocycles. The van der Waals surface area contributed by atoms with E-state index in [-0.39, 0.29) is 5.91 Å². The fraction of sp³-hybridized carbons (Fsp3) is 0.611. The van der Waals surface area contributed by atoms with Crippen molar-refractivity contribution >= 4 is 5.91 Å². The molecule has 0 N–H and O–H groups in total. The second-order valence-electron chi connectivity index (χ2n) is 7.17. The Kier molecular flexibility index (Phi) is 4.92. The molecule has 0 bridgehead atoms. The highest BCUT2D eigenvalue weighted by Gasteiger charge is 2.28. The maximum Gasteiger partial charge on any atom is 0.274 e. The van der Waals surface area contributed by atoms with Crippen LogP contribution < -0.4 is 0 Å². The molecule has 0 radical (unpaired) electrons. The van der Waals surface area contributed by atoms with E-state index in [1.54, 1.807) is 12.4 Å². The van der Waals surface area contributed by atoms with E-state index in [2.05, 4.69) is 36.7 Å². The molecule has 2 fully saturated rings. The Hall–Kier alpha value is -2.35. The first-order valence-corrected chi connectivity index (χ1v) is 9.38. The fourth-order valence-electron chi connectivity index (χ4n) is 3.92. The van der Waals surface area contributed by atoms with Gasteiger partial charge in [-0.15, -0.1) is 10.2 Å². The standard InChI is InChI=1S/C18H25N7O/c1-23-16(13-24-8-2-3-9-24)21-22-17(23)14-4-10-25(11-5-14)18(26)15-12-19-6-7-20-15/h6-7,12,14H,2-5,8-11,13H2,1H3. The van der Waals surface area contributed by atoms with Crippen molar-refractivity contribution in [2.24, 2.45) is 7.05 Å². The molecule has 2 aliphatic rings. The summed E-state index contributed by atoms with van der Waals surface area (Å²) in [6.07, 6.45) is 9.04. The van der Waals surface area contributed by atoms with Gasteiger partial charge in [0.2, 0.25) is 0 Å². The van der Waals surface area contributed by atoms with Gasteiger partial charge in [0.05, 0.1) is 12.7 Å². The van der Waals surface area contributed by atoms with Gasteiger partial charge in [0.15, 0.2) is 0 Å². The van der Waals surface area contributed by atoms with Crippen molar-refractivity contribution in [3.8, 4) is 0 Å². The monoisotopic (exact) mass is 355 g/mol. The Balaban J connectivity index is 1.37. The van der Waals surface area contributed by atoms with Crippen LogP contribution in [0.1, 0.15) is 53.7 Å².